The van der Waals surface area contributed by atoms with Gasteiger partial charge in [-0.15, -0.1) is 0 Å². The van der Waals surface area contributed by atoms with Gasteiger partial charge in [-0.05, 0) is 78.6 Å². The zero-order valence-electron chi connectivity index (χ0n) is 18.9. The summed E-state index contributed by atoms with van der Waals surface area (Å²) in [5.74, 6) is -0.645. The highest BCUT2D eigenvalue weighted by atomic mass is 19.1. The van der Waals surface area contributed by atoms with Crippen LogP contribution in [0.15, 0.2) is 60.8 Å². The Morgan fingerprint density at radius 1 is 1.06 bits per heavy atom. The fourth-order valence-electron chi connectivity index (χ4n) is 4.59. The molecule has 4 rings (SSSR count). The van der Waals surface area contributed by atoms with Crippen molar-refractivity contribution in [1.82, 2.24) is 10.3 Å². The molecule has 0 saturated heterocycles. The molecular weight excluding hydrogens is 420 g/mol. The number of aromatic nitrogens is 1. The summed E-state index contributed by atoms with van der Waals surface area (Å²) in [7, 11) is 0. The number of aliphatic hydroxyl groups is 1. The number of halogens is 2. The van der Waals surface area contributed by atoms with Crippen LogP contribution in [0.5, 0.6) is 0 Å². The Kier molecular flexibility index (Phi) is 7.68. The average Bonchev–Trinajstić information content (AvgIpc) is 2.81. The number of fused-ring (bicyclic) bond motifs is 1. The normalized spacial score (nSPS) is 17.3. The molecule has 0 amide bonds. The molecular formula is C27H31F2N3O. The lowest BCUT2D eigenvalue weighted by Crippen LogP contribution is -2.43. The van der Waals surface area contributed by atoms with E-state index in [9.17, 15) is 13.9 Å². The monoisotopic (exact) mass is 451 g/mol. The van der Waals surface area contributed by atoms with Gasteiger partial charge in [0.15, 0.2) is 0 Å². The Balaban J connectivity index is 1.49. The molecule has 0 aliphatic heterocycles. The van der Waals surface area contributed by atoms with Crippen molar-refractivity contribution in [2.24, 2.45) is 0 Å². The summed E-state index contributed by atoms with van der Waals surface area (Å²) in [5.41, 5.74) is 4.47. The van der Waals surface area contributed by atoms with E-state index in [-0.39, 0.29) is 12.5 Å². The molecule has 0 fully saturated rings. The number of aryl methyl sites for hydroxylation is 2. The molecule has 3 aromatic rings. The third-order valence-corrected chi connectivity index (χ3v) is 6.35. The number of rotatable bonds is 9. The van der Waals surface area contributed by atoms with E-state index in [1.807, 2.05) is 18.2 Å². The van der Waals surface area contributed by atoms with Gasteiger partial charge in [0.1, 0.15) is 17.5 Å². The Morgan fingerprint density at radius 2 is 1.88 bits per heavy atom. The topological polar surface area (TPSA) is 57.2 Å². The third kappa shape index (κ3) is 6.15. The molecule has 3 unspecified atom stereocenters. The van der Waals surface area contributed by atoms with Gasteiger partial charge in [-0.1, -0.05) is 31.2 Å². The van der Waals surface area contributed by atoms with Crippen molar-refractivity contribution in [2.75, 3.05) is 11.9 Å². The predicted molar refractivity (Wildman–Crippen MR) is 127 cm³/mol. The molecule has 1 aromatic heterocycles. The number of anilines is 1. The largest absolute Gasteiger partial charge is 0.390 e. The average molecular weight is 452 g/mol. The second-order valence-electron chi connectivity index (χ2n) is 8.75. The number of pyridine rings is 1. The van der Waals surface area contributed by atoms with Crippen LogP contribution >= 0.6 is 0 Å². The van der Waals surface area contributed by atoms with Crippen molar-refractivity contribution < 1.29 is 13.9 Å². The Hall–Kier alpha value is -2.83. The first-order valence-corrected chi connectivity index (χ1v) is 11.7. The molecule has 33 heavy (non-hydrogen) atoms. The van der Waals surface area contributed by atoms with Crippen LogP contribution in [0.25, 0.3) is 0 Å². The van der Waals surface area contributed by atoms with Gasteiger partial charge in [0.2, 0.25) is 0 Å². The summed E-state index contributed by atoms with van der Waals surface area (Å²) in [6, 6.07) is 15.3. The minimum absolute atomic E-state index is 0.178. The molecule has 0 bridgehead atoms. The summed E-state index contributed by atoms with van der Waals surface area (Å²) in [4.78, 5) is 4.29. The van der Waals surface area contributed by atoms with Gasteiger partial charge in [0.25, 0.3) is 0 Å². The van der Waals surface area contributed by atoms with Gasteiger partial charge >= 0.3 is 0 Å². The van der Waals surface area contributed by atoms with Gasteiger partial charge in [-0.2, -0.15) is 0 Å². The maximum Gasteiger partial charge on any atom is 0.126 e. The first-order valence-electron chi connectivity index (χ1n) is 11.7. The van der Waals surface area contributed by atoms with E-state index in [0.29, 0.717) is 17.9 Å². The van der Waals surface area contributed by atoms with Crippen molar-refractivity contribution in [3.63, 3.8) is 0 Å². The zero-order valence-corrected chi connectivity index (χ0v) is 18.9. The summed E-state index contributed by atoms with van der Waals surface area (Å²) in [6.07, 6.45) is 5.31. The minimum Gasteiger partial charge on any atom is -0.390 e. The number of hydrogen-bond donors (Lipinski definition) is 3. The Bertz CT molecular complexity index is 1040. The highest BCUT2D eigenvalue weighted by Crippen LogP contribution is 2.30. The fourth-order valence-corrected chi connectivity index (χ4v) is 4.59. The van der Waals surface area contributed by atoms with Gasteiger partial charge < -0.3 is 15.7 Å². The molecule has 3 N–H and O–H groups in total. The summed E-state index contributed by atoms with van der Waals surface area (Å²) in [6.45, 7) is 2.50. The smallest absolute Gasteiger partial charge is 0.126 e. The van der Waals surface area contributed by atoms with E-state index < -0.39 is 23.8 Å². The summed E-state index contributed by atoms with van der Waals surface area (Å²) >= 11 is 0. The molecule has 3 atom stereocenters. The van der Waals surface area contributed by atoms with Gasteiger partial charge in [0, 0.05) is 24.8 Å². The Morgan fingerprint density at radius 3 is 2.61 bits per heavy atom. The molecule has 1 aliphatic carbocycles. The molecule has 0 spiro atoms. The van der Waals surface area contributed by atoms with Gasteiger partial charge in [0.05, 0.1) is 12.1 Å². The fraction of sp³-hybridized carbons (Fsp3) is 0.370. The van der Waals surface area contributed by atoms with Crippen molar-refractivity contribution in [3.05, 3.63) is 94.7 Å². The Labute approximate surface area is 194 Å². The molecule has 4 nitrogen and oxygen atoms in total. The van der Waals surface area contributed by atoms with Crippen LogP contribution in [0.2, 0.25) is 0 Å². The molecule has 2 aromatic carbocycles. The van der Waals surface area contributed by atoms with Crippen LogP contribution in [0, 0.1) is 11.6 Å². The number of aliphatic hydroxyl groups excluding tert-OH is 1. The first kappa shape index (κ1) is 23.3. The highest BCUT2D eigenvalue weighted by molar-refractivity contribution is 5.37. The van der Waals surface area contributed by atoms with Crippen molar-refractivity contribution in [3.8, 4) is 0 Å². The van der Waals surface area contributed by atoms with Crippen molar-refractivity contribution in [1.29, 1.82) is 0 Å². The number of hydrogen-bond acceptors (Lipinski definition) is 4. The van der Waals surface area contributed by atoms with E-state index in [0.717, 1.165) is 31.7 Å². The maximum absolute atomic E-state index is 13.8. The second kappa shape index (κ2) is 10.9. The second-order valence-corrected chi connectivity index (χ2v) is 8.75. The van der Waals surface area contributed by atoms with E-state index in [2.05, 4.69) is 40.7 Å². The quantitative estimate of drug-likeness (QED) is 0.430. The van der Waals surface area contributed by atoms with Crippen LogP contribution < -0.4 is 10.6 Å². The van der Waals surface area contributed by atoms with Crippen LogP contribution in [0.1, 0.15) is 48.1 Å². The zero-order chi connectivity index (χ0) is 23.2. The molecule has 1 aliphatic rings. The van der Waals surface area contributed by atoms with Crippen LogP contribution in [0.3, 0.4) is 0 Å². The summed E-state index contributed by atoms with van der Waals surface area (Å²) in [5, 5.41) is 17.9. The standard InChI is InChI=1S/C27H31F2N3O/c1-2-18-9-10-20-6-5-7-24(23(20)14-18)31-17-26(33)25(32-27-8-3-4-11-30-27)15-19-12-21(28)16-22(29)13-19/h3-4,8-14,16,24-26,31,33H,2,5-7,15,17H2,1H3,(H,30,32). The first-order chi connectivity index (χ1) is 16.0. The predicted octanol–water partition coefficient (Wildman–Crippen LogP) is 4.97. The van der Waals surface area contributed by atoms with E-state index in [1.54, 1.807) is 6.20 Å². The lowest BCUT2D eigenvalue weighted by molar-refractivity contribution is 0.143. The maximum atomic E-state index is 13.8. The van der Waals surface area contributed by atoms with Crippen LogP contribution in [-0.4, -0.2) is 28.8 Å². The SMILES string of the molecule is CCc1ccc2c(c1)C(NCC(O)C(Cc1cc(F)cc(F)c1)Nc1ccccn1)CCC2. The van der Waals surface area contributed by atoms with E-state index >= 15 is 0 Å². The van der Waals surface area contributed by atoms with E-state index in [1.165, 1.54) is 28.8 Å². The van der Waals surface area contributed by atoms with Crippen LogP contribution in [-0.2, 0) is 19.3 Å². The molecule has 1 heterocycles. The number of benzene rings is 2. The van der Waals surface area contributed by atoms with Gasteiger partial charge in [-0.25, -0.2) is 13.8 Å². The molecule has 174 valence electrons. The molecule has 0 saturated carbocycles. The van der Waals surface area contributed by atoms with Crippen LogP contribution in [0.4, 0.5) is 14.6 Å². The van der Waals surface area contributed by atoms with Crippen molar-refractivity contribution >= 4 is 5.82 Å². The third-order valence-electron chi connectivity index (χ3n) is 6.35. The highest BCUT2D eigenvalue weighted by Gasteiger charge is 2.25. The number of nitrogens with one attached hydrogen (secondary N) is 2. The summed E-state index contributed by atoms with van der Waals surface area (Å²) < 4.78 is 27.5. The number of nitrogens with zero attached hydrogens (tertiary/aromatic N) is 1. The molecule has 0 radical (unpaired) electrons. The van der Waals surface area contributed by atoms with Gasteiger partial charge in [-0.3, -0.25) is 0 Å². The minimum atomic E-state index is -0.793. The lowest BCUT2D eigenvalue weighted by Gasteiger charge is -2.30. The van der Waals surface area contributed by atoms with E-state index in [4.69, 9.17) is 0 Å². The van der Waals surface area contributed by atoms with Crippen molar-refractivity contribution in [2.45, 2.75) is 57.2 Å². The molecule has 6 heteroatoms. The lowest BCUT2D eigenvalue weighted by atomic mass is 9.86.